The zero-order valence-electron chi connectivity index (χ0n) is 10.5. The molecule has 3 rings (SSSR count). The van der Waals surface area contributed by atoms with Gasteiger partial charge in [-0.25, -0.2) is 0 Å². The number of piperidine rings is 1. The van der Waals surface area contributed by atoms with E-state index < -0.39 is 5.60 Å². The van der Waals surface area contributed by atoms with E-state index >= 15 is 0 Å². The molecular weight excluding hydrogens is 232 g/mol. The minimum Gasteiger partial charge on any atom is -0.408 e. The molecule has 0 radical (unpaired) electrons. The van der Waals surface area contributed by atoms with Gasteiger partial charge in [-0.1, -0.05) is 11.5 Å². The summed E-state index contributed by atoms with van der Waals surface area (Å²) in [6, 6.07) is 0.427. The van der Waals surface area contributed by atoms with Crippen LogP contribution in [0.5, 0.6) is 0 Å². The summed E-state index contributed by atoms with van der Waals surface area (Å²) in [6.07, 6.45) is 5.35. The molecule has 1 saturated heterocycles. The van der Waals surface area contributed by atoms with Gasteiger partial charge in [0.25, 0.3) is 0 Å². The van der Waals surface area contributed by atoms with E-state index in [0.29, 0.717) is 25.0 Å². The van der Waals surface area contributed by atoms with Crippen molar-refractivity contribution in [2.45, 2.75) is 43.6 Å². The van der Waals surface area contributed by atoms with Crippen LogP contribution in [-0.4, -0.2) is 40.5 Å². The second kappa shape index (κ2) is 4.85. The molecule has 0 amide bonds. The van der Waals surface area contributed by atoms with Gasteiger partial charge < -0.3 is 20.2 Å². The van der Waals surface area contributed by atoms with Gasteiger partial charge >= 0.3 is 6.01 Å². The summed E-state index contributed by atoms with van der Waals surface area (Å²) in [6.45, 7) is 2.05. The van der Waals surface area contributed by atoms with Crippen LogP contribution in [0.25, 0.3) is 0 Å². The van der Waals surface area contributed by atoms with E-state index in [1.165, 1.54) is 6.42 Å². The van der Waals surface area contributed by atoms with Crippen molar-refractivity contribution >= 4 is 6.01 Å². The van der Waals surface area contributed by atoms with Gasteiger partial charge in [-0.2, -0.15) is 0 Å². The molecular formula is C12H20N4O2. The molecule has 0 bridgehead atoms. The molecule has 1 aliphatic heterocycles. The highest BCUT2D eigenvalue weighted by atomic mass is 16.4. The van der Waals surface area contributed by atoms with Crippen LogP contribution in [0.2, 0.25) is 0 Å². The fourth-order valence-electron chi connectivity index (χ4n) is 2.47. The Bertz CT molecular complexity index is 397. The summed E-state index contributed by atoms with van der Waals surface area (Å²) in [5.41, 5.74) is -0.705. The Balaban J connectivity index is 1.54. The number of nitrogens with zero attached hydrogens (tertiary/aromatic N) is 2. The lowest BCUT2D eigenvalue weighted by atomic mass is 9.85. The third-order valence-electron chi connectivity index (χ3n) is 3.91. The van der Waals surface area contributed by atoms with Crippen LogP contribution in [0.3, 0.4) is 0 Å². The number of rotatable bonds is 4. The van der Waals surface area contributed by atoms with Crippen molar-refractivity contribution in [3.05, 3.63) is 5.89 Å². The highest BCUT2D eigenvalue weighted by molar-refractivity contribution is 5.19. The van der Waals surface area contributed by atoms with Gasteiger partial charge in [0.15, 0.2) is 0 Å². The van der Waals surface area contributed by atoms with Gasteiger partial charge in [0.1, 0.15) is 0 Å². The predicted octanol–water partition coefficient (Wildman–Crippen LogP) is 0.863. The van der Waals surface area contributed by atoms with Crippen LogP contribution >= 0.6 is 0 Å². The van der Waals surface area contributed by atoms with E-state index in [1.807, 2.05) is 0 Å². The molecule has 0 aromatic carbocycles. The van der Waals surface area contributed by atoms with Gasteiger partial charge in [-0.15, -0.1) is 5.10 Å². The first-order valence-corrected chi connectivity index (χ1v) is 6.76. The topological polar surface area (TPSA) is 83.2 Å². The molecule has 1 saturated carbocycles. The smallest absolute Gasteiger partial charge is 0.315 e. The van der Waals surface area contributed by atoms with Crippen LogP contribution in [0.1, 0.15) is 43.9 Å². The summed E-state index contributed by atoms with van der Waals surface area (Å²) < 4.78 is 5.56. The lowest BCUT2D eigenvalue weighted by molar-refractivity contribution is 0.0287. The van der Waals surface area contributed by atoms with Crippen LogP contribution < -0.4 is 10.6 Å². The number of hydrogen-bond acceptors (Lipinski definition) is 6. The number of anilines is 1. The predicted molar refractivity (Wildman–Crippen MR) is 66.4 cm³/mol. The highest BCUT2D eigenvalue weighted by Gasteiger charge is 2.30. The van der Waals surface area contributed by atoms with E-state index in [2.05, 4.69) is 20.8 Å². The van der Waals surface area contributed by atoms with E-state index in [4.69, 9.17) is 4.42 Å². The zero-order valence-corrected chi connectivity index (χ0v) is 10.5. The normalized spacial score (nSPS) is 28.9. The molecule has 1 aliphatic carbocycles. The number of aliphatic hydroxyl groups is 1. The van der Waals surface area contributed by atoms with Gasteiger partial charge in [-0.05, 0) is 32.2 Å². The average molecular weight is 252 g/mol. The Morgan fingerprint density at radius 3 is 2.94 bits per heavy atom. The first kappa shape index (κ1) is 11.9. The summed E-state index contributed by atoms with van der Waals surface area (Å²) in [5, 5.41) is 24.6. The second-order valence-corrected chi connectivity index (χ2v) is 5.43. The minimum atomic E-state index is -0.705. The van der Waals surface area contributed by atoms with Crippen LogP contribution in [0.15, 0.2) is 4.42 Å². The molecule has 2 aliphatic rings. The van der Waals surface area contributed by atoms with Gasteiger partial charge in [0, 0.05) is 19.0 Å². The standard InChI is InChI=1S/C12H20N4O2/c17-12(5-2-6-13-7-12)8-14-11-16-15-10(18-11)9-3-1-4-9/h9,13,17H,1-8H2,(H,14,16). The summed E-state index contributed by atoms with van der Waals surface area (Å²) in [7, 11) is 0. The first-order valence-electron chi connectivity index (χ1n) is 6.76. The van der Waals surface area contributed by atoms with E-state index in [0.717, 1.165) is 38.1 Å². The fraction of sp³-hybridized carbons (Fsp3) is 0.833. The molecule has 0 spiro atoms. The molecule has 6 heteroatoms. The molecule has 2 fully saturated rings. The number of β-amino-alcohol motifs (C(OH)–C–C–N with tert-alkyl or cyclic N) is 1. The third kappa shape index (κ3) is 2.49. The SMILES string of the molecule is OC1(CNc2nnc(C3CCC3)o2)CCCNC1. The van der Waals surface area contributed by atoms with Crippen molar-refractivity contribution in [1.82, 2.24) is 15.5 Å². The van der Waals surface area contributed by atoms with E-state index in [-0.39, 0.29) is 0 Å². The van der Waals surface area contributed by atoms with Crippen molar-refractivity contribution in [1.29, 1.82) is 0 Å². The Labute approximate surface area is 106 Å². The molecule has 1 atom stereocenters. The lowest BCUT2D eigenvalue weighted by Gasteiger charge is -2.32. The van der Waals surface area contributed by atoms with Crippen LogP contribution in [0.4, 0.5) is 6.01 Å². The molecule has 18 heavy (non-hydrogen) atoms. The van der Waals surface area contributed by atoms with E-state index in [1.54, 1.807) is 0 Å². The average Bonchev–Trinajstić information content (AvgIpc) is 2.74. The Morgan fingerprint density at radius 2 is 2.28 bits per heavy atom. The van der Waals surface area contributed by atoms with Gasteiger partial charge in [0.05, 0.1) is 5.60 Å². The Morgan fingerprint density at radius 1 is 1.39 bits per heavy atom. The van der Waals surface area contributed by atoms with Gasteiger partial charge in [-0.3, -0.25) is 0 Å². The molecule has 3 N–H and O–H groups in total. The largest absolute Gasteiger partial charge is 0.408 e. The quantitative estimate of drug-likeness (QED) is 0.737. The maximum absolute atomic E-state index is 10.3. The summed E-state index contributed by atoms with van der Waals surface area (Å²) in [4.78, 5) is 0. The fourth-order valence-corrected chi connectivity index (χ4v) is 2.47. The number of nitrogens with one attached hydrogen (secondary N) is 2. The zero-order chi connectivity index (χ0) is 12.4. The van der Waals surface area contributed by atoms with Crippen molar-refractivity contribution in [2.24, 2.45) is 0 Å². The third-order valence-corrected chi connectivity index (χ3v) is 3.91. The minimum absolute atomic E-state index is 0.427. The number of hydrogen-bond donors (Lipinski definition) is 3. The monoisotopic (exact) mass is 252 g/mol. The maximum atomic E-state index is 10.3. The molecule has 2 heterocycles. The Kier molecular flexibility index (Phi) is 3.22. The Hall–Kier alpha value is -1.14. The van der Waals surface area contributed by atoms with Crippen LogP contribution in [0, 0.1) is 0 Å². The summed E-state index contributed by atoms with van der Waals surface area (Å²) >= 11 is 0. The number of aromatic nitrogens is 2. The highest BCUT2D eigenvalue weighted by Crippen LogP contribution is 2.35. The van der Waals surface area contributed by atoms with Crippen molar-refractivity contribution in [3.8, 4) is 0 Å². The first-order chi connectivity index (χ1) is 8.75. The second-order valence-electron chi connectivity index (χ2n) is 5.43. The van der Waals surface area contributed by atoms with Crippen molar-refractivity contribution < 1.29 is 9.52 Å². The maximum Gasteiger partial charge on any atom is 0.315 e. The molecule has 1 unspecified atom stereocenters. The van der Waals surface area contributed by atoms with Crippen molar-refractivity contribution in [2.75, 3.05) is 25.0 Å². The molecule has 100 valence electrons. The van der Waals surface area contributed by atoms with E-state index in [9.17, 15) is 5.11 Å². The lowest BCUT2D eigenvalue weighted by Crippen LogP contribution is -2.50. The van der Waals surface area contributed by atoms with Gasteiger partial charge in [0.2, 0.25) is 5.89 Å². The summed E-state index contributed by atoms with van der Waals surface area (Å²) in [5.74, 6) is 1.19. The van der Waals surface area contributed by atoms with Crippen LogP contribution in [-0.2, 0) is 0 Å². The molecule has 1 aromatic heterocycles. The van der Waals surface area contributed by atoms with Crippen molar-refractivity contribution in [3.63, 3.8) is 0 Å². The molecule has 6 nitrogen and oxygen atoms in total. The molecule has 1 aromatic rings.